The van der Waals surface area contributed by atoms with Gasteiger partial charge in [-0.3, -0.25) is 5.41 Å². The molecule has 1 saturated heterocycles. The minimum absolute atomic E-state index is 0.104. The second-order valence-electron chi connectivity index (χ2n) is 4.65. The van der Waals surface area contributed by atoms with Gasteiger partial charge in [-0.15, -0.1) is 0 Å². The van der Waals surface area contributed by atoms with E-state index in [-0.39, 0.29) is 11.9 Å². The molecule has 2 rings (SSSR count). The van der Waals surface area contributed by atoms with Crippen LogP contribution in [0, 0.1) is 12.3 Å². The molecule has 0 spiro atoms. The number of aliphatic hydroxyl groups excluding tert-OH is 1. The standard InChI is InChI=1S/C13H19N3O/c1-9-7-10(4-5-12(9)13(14)15)16-6-2-3-11(17)8-16/h4-5,7,11,17H,2-3,6,8H2,1H3,(H3,14,15). The number of hydrogen-bond donors (Lipinski definition) is 3. The van der Waals surface area contributed by atoms with Crippen LogP contribution in [0.2, 0.25) is 0 Å². The minimum atomic E-state index is -0.225. The van der Waals surface area contributed by atoms with Gasteiger partial charge in [0.1, 0.15) is 5.84 Å². The number of nitrogen functional groups attached to an aromatic ring is 1. The Bertz CT molecular complexity index is 431. The molecular weight excluding hydrogens is 214 g/mol. The van der Waals surface area contributed by atoms with Crippen molar-refractivity contribution in [3.8, 4) is 0 Å². The zero-order valence-electron chi connectivity index (χ0n) is 10.1. The SMILES string of the molecule is Cc1cc(N2CCCC(O)C2)ccc1C(=N)N. The van der Waals surface area contributed by atoms with E-state index in [1.54, 1.807) is 0 Å². The third kappa shape index (κ3) is 2.58. The van der Waals surface area contributed by atoms with Crippen molar-refractivity contribution in [2.45, 2.75) is 25.9 Å². The summed E-state index contributed by atoms with van der Waals surface area (Å²) >= 11 is 0. The zero-order chi connectivity index (χ0) is 12.4. The third-order valence-corrected chi connectivity index (χ3v) is 3.26. The van der Waals surface area contributed by atoms with Gasteiger partial charge < -0.3 is 15.7 Å². The van der Waals surface area contributed by atoms with E-state index in [0.29, 0.717) is 6.54 Å². The number of aryl methyl sites for hydroxylation is 1. The van der Waals surface area contributed by atoms with Gasteiger partial charge in [-0.1, -0.05) is 0 Å². The summed E-state index contributed by atoms with van der Waals surface area (Å²) < 4.78 is 0. The molecule has 1 fully saturated rings. The van der Waals surface area contributed by atoms with Gasteiger partial charge in [0.25, 0.3) is 0 Å². The molecular formula is C13H19N3O. The average molecular weight is 233 g/mol. The summed E-state index contributed by atoms with van der Waals surface area (Å²) in [4.78, 5) is 2.19. The first-order valence-electron chi connectivity index (χ1n) is 5.96. The average Bonchev–Trinajstić information content (AvgIpc) is 2.28. The van der Waals surface area contributed by atoms with Crippen molar-refractivity contribution in [1.29, 1.82) is 5.41 Å². The molecule has 1 aliphatic heterocycles. The van der Waals surface area contributed by atoms with Crippen LogP contribution in [-0.4, -0.2) is 30.1 Å². The van der Waals surface area contributed by atoms with Gasteiger partial charge in [-0.05, 0) is 43.5 Å². The maximum atomic E-state index is 9.66. The van der Waals surface area contributed by atoms with Crippen molar-refractivity contribution >= 4 is 11.5 Å². The lowest BCUT2D eigenvalue weighted by Crippen LogP contribution is -2.38. The van der Waals surface area contributed by atoms with Gasteiger partial charge in [0.2, 0.25) is 0 Å². The van der Waals surface area contributed by atoms with Gasteiger partial charge in [0.15, 0.2) is 0 Å². The molecule has 4 nitrogen and oxygen atoms in total. The molecule has 0 aromatic heterocycles. The maximum Gasteiger partial charge on any atom is 0.123 e. The smallest absolute Gasteiger partial charge is 0.123 e. The first-order valence-corrected chi connectivity index (χ1v) is 5.96. The Kier molecular flexibility index (Phi) is 3.33. The first kappa shape index (κ1) is 11.9. The van der Waals surface area contributed by atoms with Gasteiger partial charge in [0.05, 0.1) is 6.10 Å². The van der Waals surface area contributed by atoms with E-state index in [2.05, 4.69) is 4.90 Å². The molecule has 1 aromatic rings. The Morgan fingerprint density at radius 1 is 1.53 bits per heavy atom. The van der Waals surface area contributed by atoms with Crippen LogP contribution in [-0.2, 0) is 0 Å². The van der Waals surface area contributed by atoms with Crippen molar-refractivity contribution in [3.05, 3.63) is 29.3 Å². The Morgan fingerprint density at radius 2 is 2.29 bits per heavy atom. The van der Waals surface area contributed by atoms with Crippen molar-refractivity contribution in [1.82, 2.24) is 0 Å². The monoisotopic (exact) mass is 233 g/mol. The molecule has 4 N–H and O–H groups in total. The summed E-state index contributed by atoms with van der Waals surface area (Å²) in [6.45, 7) is 3.63. The number of aliphatic hydroxyl groups is 1. The Morgan fingerprint density at radius 3 is 2.88 bits per heavy atom. The van der Waals surface area contributed by atoms with Gasteiger partial charge in [-0.25, -0.2) is 0 Å². The number of β-amino-alcohol motifs (C(OH)–C–C–N with tert-alkyl or cyclic N) is 1. The molecule has 0 radical (unpaired) electrons. The normalized spacial score (nSPS) is 20.4. The third-order valence-electron chi connectivity index (χ3n) is 3.26. The van der Waals surface area contributed by atoms with Crippen LogP contribution in [0.25, 0.3) is 0 Å². The second-order valence-corrected chi connectivity index (χ2v) is 4.65. The number of anilines is 1. The molecule has 1 heterocycles. The zero-order valence-corrected chi connectivity index (χ0v) is 10.1. The lowest BCUT2D eigenvalue weighted by atomic mass is 10.0. The summed E-state index contributed by atoms with van der Waals surface area (Å²) in [6, 6.07) is 5.89. The molecule has 4 heteroatoms. The fourth-order valence-electron chi connectivity index (χ4n) is 2.34. The predicted octanol–water partition coefficient (Wildman–Crippen LogP) is 1.24. The maximum absolute atomic E-state index is 9.66. The van der Waals surface area contributed by atoms with E-state index in [4.69, 9.17) is 11.1 Å². The Balaban J connectivity index is 2.22. The highest BCUT2D eigenvalue weighted by atomic mass is 16.3. The molecule has 0 bridgehead atoms. The number of benzene rings is 1. The van der Waals surface area contributed by atoms with Crippen LogP contribution in [0.4, 0.5) is 5.69 Å². The molecule has 1 aliphatic rings. The van der Waals surface area contributed by atoms with E-state index in [1.165, 1.54) is 0 Å². The van der Waals surface area contributed by atoms with Crippen LogP contribution in [0.3, 0.4) is 0 Å². The largest absolute Gasteiger partial charge is 0.391 e. The highest BCUT2D eigenvalue weighted by Gasteiger charge is 2.18. The van der Waals surface area contributed by atoms with E-state index in [1.807, 2.05) is 25.1 Å². The van der Waals surface area contributed by atoms with Gasteiger partial charge in [-0.2, -0.15) is 0 Å². The molecule has 0 amide bonds. The lowest BCUT2D eigenvalue weighted by molar-refractivity contribution is 0.154. The number of amidine groups is 1. The molecule has 17 heavy (non-hydrogen) atoms. The highest BCUT2D eigenvalue weighted by Crippen LogP contribution is 2.22. The molecule has 1 atom stereocenters. The minimum Gasteiger partial charge on any atom is -0.391 e. The Labute approximate surface area is 102 Å². The molecule has 0 saturated carbocycles. The summed E-state index contributed by atoms with van der Waals surface area (Å²) in [7, 11) is 0. The molecule has 0 aliphatic carbocycles. The molecule has 1 unspecified atom stereocenters. The van der Waals surface area contributed by atoms with Crippen LogP contribution >= 0.6 is 0 Å². The quantitative estimate of drug-likeness (QED) is 0.531. The summed E-state index contributed by atoms with van der Waals surface area (Å²) in [5.41, 5.74) is 8.39. The Hall–Kier alpha value is -1.55. The topological polar surface area (TPSA) is 73.3 Å². The lowest BCUT2D eigenvalue weighted by Gasteiger charge is -2.32. The number of nitrogens with zero attached hydrogens (tertiary/aromatic N) is 1. The van der Waals surface area contributed by atoms with Crippen LogP contribution in [0.5, 0.6) is 0 Å². The van der Waals surface area contributed by atoms with E-state index in [0.717, 1.165) is 36.2 Å². The van der Waals surface area contributed by atoms with E-state index in [9.17, 15) is 5.11 Å². The molecule has 92 valence electrons. The van der Waals surface area contributed by atoms with Gasteiger partial charge >= 0.3 is 0 Å². The van der Waals surface area contributed by atoms with Crippen molar-refractivity contribution in [3.63, 3.8) is 0 Å². The van der Waals surface area contributed by atoms with Gasteiger partial charge in [0, 0.05) is 24.3 Å². The highest BCUT2D eigenvalue weighted by molar-refractivity contribution is 5.96. The first-order chi connectivity index (χ1) is 8.08. The fourth-order valence-corrected chi connectivity index (χ4v) is 2.34. The summed E-state index contributed by atoms with van der Waals surface area (Å²) in [5, 5.41) is 17.1. The number of piperidine rings is 1. The number of nitrogens with two attached hydrogens (primary N) is 1. The predicted molar refractivity (Wildman–Crippen MR) is 69.6 cm³/mol. The van der Waals surface area contributed by atoms with Crippen LogP contribution in [0.15, 0.2) is 18.2 Å². The fraction of sp³-hybridized carbons (Fsp3) is 0.462. The van der Waals surface area contributed by atoms with Crippen molar-refractivity contribution in [2.75, 3.05) is 18.0 Å². The number of nitrogens with one attached hydrogen (secondary N) is 1. The second kappa shape index (κ2) is 4.75. The summed E-state index contributed by atoms with van der Waals surface area (Å²) in [6.07, 6.45) is 1.69. The summed E-state index contributed by atoms with van der Waals surface area (Å²) in [5.74, 6) is 0.104. The number of rotatable bonds is 2. The van der Waals surface area contributed by atoms with E-state index >= 15 is 0 Å². The molecule has 1 aromatic carbocycles. The van der Waals surface area contributed by atoms with Crippen LogP contribution in [0.1, 0.15) is 24.0 Å². The van der Waals surface area contributed by atoms with Crippen molar-refractivity contribution < 1.29 is 5.11 Å². The van der Waals surface area contributed by atoms with E-state index < -0.39 is 0 Å². The van der Waals surface area contributed by atoms with Crippen LogP contribution < -0.4 is 10.6 Å². The number of hydrogen-bond acceptors (Lipinski definition) is 3. The van der Waals surface area contributed by atoms with Crippen molar-refractivity contribution in [2.24, 2.45) is 5.73 Å².